The van der Waals surface area contributed by atoms with Crippen LogP contribution in [0.4, 0.5) is 0 Å². The predicted molar refractivity (Wildman–Crippen MR) is 90.6 cm³/mol. The van der Waals surface area contributed by atoms with Crippen LogP contribution in [0.15, 0.2) is 21.2 Å². The molecule has 0 aliphatic heterocycles. The molecule has 0 aromatic carbocycles. The lowest BCUT2D eigenvalue weighted by atomic mass is 10.1. The van der Waals surface area contributed by atoms with Crippen molar-refractivity contribution < 1.29 is 9.21 Å². The lowest BCUT2D eigenvalue weighted by Gasteiger charge is -2.21. The van der Waals surface area contributed by atoms with Gasteiger partial charge in [-0.1, -0.05) is 52.4 Å². The second kappa shape index (κ2) is 10.9. The van der Waals surface area contributed by atoms with E-state index < -0.39 is 0 Å². The van der Waals surface area contributed by atoms with Crippen molar-refractivity contribution in [1.82, 2.24) is 4.90 Å². The quantitative estimate of drug-likeness (QED) is 0.479. The first-order valence-corrected chi connectivity index (χ1v) is 9.03. The number of rotatable bonds is 11. The predicted octanol–water partition coefficient (Wildman–Crippen LogP) is 5.64. The Morgan fingerprint density at radius 1 is 1.00 bits per heavy atom. The third-order valence-corrected chi connectivity index (χ3v) is 4.06. The van der Waals surface area contributed by atoms with Crippen LogP contribution >= 0.6 is 15.9 Å². The summed E-state index contributed by atoms with van der Waals surface area (Å²) in [7, 11) is 0. The van der Waals surface area contributed by atoms with Crippen molar-refractivity contribution in [1.29, 1.82) is 0 Å². The van der Waals surface area contributed by atoms with Crippen LogP contribution in [0.25, 0.3) is 0 Å². The zero-order valence-electron chi connectivity index (χ0n) is 13.4. The van der Waals surface area contributed by atoms with E-state index in [2.05, 4.69) is 29.8 Å². The van der Waals surface area contributed by atoms with Gasteiger partial charge in [-0.25, -0.2) is 0 Å². The summed E-state index contributed by atoms with van der Waals surface area (Å²) in [6, 6.07) is 3.52. The molecule has 4 heteroatoms. The Morgan fingerprint density at radius 2 is 1.57 bits per heavy atom. The Morgan fingerprint density at radius 3 is 2.00 bits per heavy atom. The first-order chi connectivity index (χ1) is 10.2. The first kappa shape index (κ1) is 18.3. The second-order valence-corrected chi connectivity index (χ2v) is 6.30. The minimum atomic E-state index is 0.0219. The summed E-state index contributed by atoms with van der Waals surface area (Å²) >= 11 is 3.26. The molecule has 120 valence electrons. The van der Waals surface area contributed by atoms with E-state index in [-0.39, 0.29) is 5.91 Å². The fraction of sp³-hybridized carbons (Fsp3) is 0.706. The number of nitrogens with zero attached hydrogens (tertiary/aromatic N) is 1. The molecule has 0 fully saturated rings. The summed E-state index contributed by atoms with van der Waals surface area (Å²) in [6.45, 7) is 6.08. The summed E-state index contributed by atoms with van der Waals surface area (Å²) < 4.78 is 6.02. The van der Waals surface area contributed by atoms with Gasteiger partial charge < -0.3 is 9.32 Å². The molecule has 0 aliphatic carbocycles. The maximum absolute atomic E-state index is 12.5. The van der Waals surface area contributed by atoms with Gasteiger partial charge in [0, 0.05) is 13.1 Å². The Kier molecular flexibility index (Phi) is 9.48. The molecule has 21 heavy (non-hydrogen) atoms. The van der Waals surface area contributed by atoms with E-state index in [1.165, 1.54) is 38.5 Å². The summed E-state index contributed by atoms with van der Waals surface area (Å²) in [4.78, 5) is 14.5. The monoisotopic (exact) mass is 357 g/mol. The maximum Gasteiger partial charge on any atom is 0.289 e. The van der Waals surface area contributed by atoms with E-state index in [4.69, 9.17) is 4.42 Å². The van der Waals surface area contributed by atoms with Gasteiger partial charge in [0.2, 0.25) is 0 Å². The zero-order valence-corrected chi connectivity index (χ0v) is 15.0. The molecule has 0 unspecified atom stereocenters. The van der Waals surface area contributed by atoms with Crippen LogP contribution in [-0.4, -0.2) is 23.9 Å². The highest BCUT2D eigenvalue weighted by Gasteiger charge is 2.18. The van der Waals surface area contributed by atoms with Gasteiger partial charge in [0.15, 0.2) is 10.4 Å². The Balaban J connectivity index is 2.50. The van der Waals surface area contributed by atoms with Crippen molar-refractivity contribution in [3.63, 3.8) is 0 Å². The van der Waals surface area contributed by atoms with Gasteiger partial charge in [-0.05, 0) is 40.9 Å². The molecule has 1 heterocycles. The molecule has 0 spiro atoms. The van der Waals surface area contributed by atoms with Crippen molar-refractivity contribution in [3.05, 3.63) is 22.6 Å². The molecule has 0 bridgehead atoms. The number of halogens is 1. The van der Waals surface area contributed by atoms with Crippen LogP contribution < -0.4 is 0 Å². The summed E-state index contributed by atoms with van der Waals surface area (Å²) in [6.07, 6.45) is 9.46. The number of amides is 1. The third-order valence-electron chi connectivity index (χ3n) is 3.63. The Bertz CT molecular complexity index is 391. The van der Waals surface area contributed by atoms with Crippen LogP contribution in [0.1, 0.15) is 75.8 Å². The lowest BCUT2D eigenvalue weighted by molar-refractivity contribution is 0.0716. The van der Waals surface area contributed by atoms with Gasteiger partial charge in [0.05, 0.1) is 0 Å². The molecular formula is C17H28BrNO2. The van der Waals surface area contributed by atoms with Crippen molar-refractivity contribution in [3.8, 4) is 0 Å². The SMILES string of the molecule is CCCCCCN(CCCCCC)C(=O)c1ccc(Br)o1. The largest absolute Gasteiger partial charge is 0.444 e. The van der Waals surface area contributed by atoms with Crippen molar-refractivity contribution >= 4 is 21.8 Å². The number of carbonyl (C=O) groups is 1. The number of hydrogen-bond acceptors (Lipinski definition) is 2. The zero-order chi connectivity index (χ0) is 15.5. The summed E-state index contributed by atoms with van der Waals surface area (Å²) in [5.41, 5.74) is 0. The number of hydrogen-bond donors (Lipinski definition) is 0. The van der Waals surface area contributed by atoms with Crippen LogP contribution in [-0.2, 0) is 0 Å². The topological polar surface area (TPSA) is 33.5 Å². The molecule has 0 atom stereocenters. The van der Waals surface area contributed by atoms with Gasteiger partial charge in [0.1, 0.15) is 0 Å². The molecule has 0 N–H and O–H groups in total. The smallest absolute Gasteiger partial charge is 0.289 e. The summed E-state index contributed by atoms with van der Waals surface area (Å²) in [5.74, 6) is 0.460. The van der Waals surface area contributed by atoms with Gasteiger partial charge in [-0.2, -0.15) is 0 Å². The van der Waals surface area contributed by atoms with Gasteiger partial charge in [-0.3, -0.25) is 4.79 Å². The molecule has 3 nitrogen and oxygen atoms in total. The average molecular weight is 358 g/mol. The van der Waals surface area contributed by atoms with Crippen LogP contribution in [0.2, 0.25) is 0 Å². The maximum atomic E-state index is 12.5. The molecule has 0 saturated heterocycles. The molecule has 0 radical (unpaired) electrons. The van der Waals surface area contributed by atoms with Crippen molar-refractivity contribution in [2.75, 3.05) is 13.1 Å². The minimum Gasteiger partial charge on any atom is -0.444 e. The molecule has 0 aliphatic rings. The van der Waals surface area contributed by atoms with Gasteiger partial charge in [0.25, 0.3) is 5.91 Å². The van der Waals surface area contributed by atoms with E-state index in [0.717, 1.165) is 25.9 Å². The second-order valence-electron chi connectivity index (χ2n) is 5.52. The van der Waals surface area contributed by atoms with Crippen molar-refractivity contribution in [2.45, 2.75) is 65.2 Å². The molecule has 1 aromatic rings. The highest BCUT2D eigenvalue weighted by Crippen LogP contribution is 2.17. The summed E-state index contributed by atoms with van der Waals surface area (Å²) in [5, 5.41) is 0. The highest BCUT2D eigenvalue weighted by molar-refractivity contribution is 9.10. The van der Waals surface area contributed by atoms with Gasteiger partial charge in [-0.15, -0.1) is 0 Å². The van der Waals surface area contributed by atoms with E-state index in [0.29, 0.717) is 10.4 Å². The standard InChI is InChI=1S/C17H28BrNO2/c1-3-5-7-9-13-19(14-10-8-6-4-2)17(20)15-11-12-16(18)21-15/h11-12H,3-10,13-14H2,1-2H3. The van der Waals surface area contributed by atoms with E-state index in [9.17, 15) is 4.79 Å². The fourth-order valence-corrected chi connectivity index (χ4v) is 2.67. The van der Waals surface area contributed by atoms with E-state index >= 15 is 0 Å². The van der Waals surface area contributed by atoms with Crippen LogP contribution in [0.5, 0.6) is 0 Å². The third kappa shape index (κ3) is 7.16. The fourth-order valence-electron chi connectivity index (χ4n) is 2.36. The molecule has 1 aromatic heterocycles. The van der Waals surface area contributed by atoms with Gasteiger partial charge >= 0.3 is 0 Å². The molecule has 1 rings (SSSR count). The van der Waals surface area contributed by atoms with E-state index in [1.807, 2.05) is 4.90 Å². The molecular weight excluding hydrogens is 330 g/mol. The minimum absolute atomic E-state index is 0.0219. The van der Waals surface area contributed by atoms with E-state index in [1.54, 1.807) is 12.1 Å². The first-order valence-electron chi connectivity index (χ1n) is 8.23. The highest BCUT2D eigenvalue weighted by atomic mass is 79.9. The normalized spacial score (nSPS) is 10.8. The van der Waals surface area contributed by atoms with Crippen LogP contribution in [0, 0.1) is 0 Å². The lowest BCUT2D eigenvalue weighted by Crippen LogP contribution is -2.32. The average Bonchev–Trinajstić information content (AvgIpc) is 2.91. The number of furan rings is 1. The van der Waals surface area contributed by atoms with Crippen molar-refractivity contribution in [2.24, 2.45) is 0 Å². The van der Waals surface area contributed by atoms with Crippen LogP contribution in [0.3, 0.4) is 0 Å². The molecule has 1 amide bonds. The Hall–Kier alpha value is -0.770. The Labute approximate surface area is 137 Å². The number of carbonyl (C=O) groups excluding carboxylic acids is 1. The molecule has 0 saturated carbocycles. The number of unbranched alkanes of at least 4 members (excludes halogenated alkanes) is 6.